The average molecular weight is 414 g/mol. The van der Waals surface area contributed by atoms with Crippen LogP contribution in [-0.2, 0) is 20.9 Å². The summed E-state index contributed by atoms with van der Waals surface area (Å²) in [5.41, 5.74) is -1.29. The minimum Gasteiger partial charge on any atom is -0.379 e. The number of para-hydroxylation sites is 1. The standard InChI is InChI=1S/C18H17F3N2O4S/c19-18(20,21)15-3-1-2-4-16(15)22-17(24)13-5-7-14(8-6-13)28(25,26)23-9-11-27-12-10-23/h1-8H,9-12H2,(H,22,24). The van der Waals surface area contributed by atoms with Crippen LogP contribution in [-0.4, -0.2) is 44.9 Å². The summed E-state index contributed by atoms with van der Waals surface area (Å²) in [6, 6.07) is 9.67. The number of alkyl halides is 3. The van der Waals surface area contributed by atoms with E-state index in [0.29, 0.717) is 13.2 Å². The Bertz CT molecular complexity index is 954. The van der Waals surface area contributed by atoms with Crippen molar-refractivity contribution < 1.29 is 31.1 Å². The summed E-state index contributed by atoms with van der Waals surface area (Å²) in [4.78, 5) is 12.3. The molecule has 1 fully saturated rings. The largest absolute Gasteiger partial charge is 0.418 e. The van der Waals surface area contributed by atoms with Crippen LogP contribution in [0.3, 0.4) is 0 Å². The molecule has 28 heavy (non-hydrogen) atoms. The maximum absolute atomic E-state index is 13.0. The minimum atomic E-state index is -4.61. The molecule has 1 heterocycles. The van der Waals surface area contributed by atoms with Crippen molar-refractivity contribution in [2.75, 3.05) is 31.6 Å². The van der Waals surface area contributed by atoms with Crippen LogP contribution in [0.2, 0.25) is 0 Å². The second-order valence-corrected chi connectivity index (χ2v) is 7.98. The van der Waals surface area contributed by atoms with Gasteiger partial charge in [0.1, 0.15) is 0 Å². The van der Waals surface area contributed by atoms with Gasteiger partial charge in [-0.3, -0.25) is 4.79 Å². The lowest BCUT2D eigenvalue weighted by atomic mass is 10.1. The lowest BCUT2D eigenvalue weighted by molar-refractivity contribution is -0.136. The first-order valence-corrected chi connectivity index (χ1v) is 9.79. The number of carbonyl (C=O) groups excluding carboxylic acids is 1. The number of nitrogens with zero attached hydrogens (tertiary/aromatic N) is 1. The fraction of sp³-hybridized carbons (Fsp3) is 0.278. The molecule has 0 aromatic heterocycles. The van der Waals surface area contributed by atoms with Crippen LogP contribution in [0.1, 0.15) is 15.9 Å². The lowest BCUT2D eigenvalue weighted by Crippen LogP contribution is -2.40. The summed E-state index contributed by atoms with van der Waals surface area (Å²) in [6.07, 6.45) is -4.61. The van der Waals surface area contributed by atoms with E-state index in [1.165, 1.54) is 40.7 Å². The van der Waals surface area contributed by atoms with E-state index in [9.17, 15) is 26.4 Å². The zero-order chi connectivity index (χ0) is 20.4. The van der Waals surface area contributed by atoms with Gasteiger partial charge in [-0.15, -0.1) is 0 Å². The van der Waals surface area contributed by atoms with Gasteiger partial charge in [0.2, 0.25) is 10.0 Å². The number of benzene rings is 2. The summed E-state index contributed by atoms with van der Waals surface area (Å²) in [5, 5.41) is 2.22. The van der Waals surface area contributed by atoms with Gasteiger partial charge < -0.3 is 10.1 Å². The predicted molar refractivity (Wildman–Crippen MR) is 95.4 cm³/mol. The number of ether oxygens (including phenoxy) is 1. The third-order valence-electron chi connectivity index (χ3n) is 4.20. The van der Waals surface area contributed by atoms with Crippen LogP contribution in [0.4, 0.5) is 18.9 Å². The van der Waals surface area contributed by atoms with Crippen LogP contribution < -0.4 is 5.32 Å². The van der Waals surface area contributed by atoms with Gasteiger partial charge in [0.05, 0.1) is 29.4 Å². The highest BCUT2D eigenvalue weighted by atomic mass is 32.2. The topological polar surface area (TPSA) is 75.7 Å². The second-order valence-electron chi connectivity index (χ2n) is 6.04. The monoisotopic (exact) mass is 414 g/mol. The Kier molecular flexibility index (Phi) is 5.73. The number of anilines is 1. The van der Waals surface area contributed by atoms with Gasteiger partial charge in [0.15, 0.2) is 0 Å². The Morgan fingerprint density at radius 3 is 2.21 bits per heavy atom. The van der Waals surface area contributed by atoms with E-state index >= 15 is 0 Å². The smallest absolute Gasteiger partial charge is 0.379 e. The first-order chi connectivity index (χ1) is 13.2. The third-order valence-corrected chi connectivity index (χ3v) is 6.12. The van der Waals surface area contributed by atoms with Crippen molar-refractivity contribution in [2.45, 2.75) is 11.1 Å². The first kappa shape index (κ1) is 20.3. The molecule has 3 rings (SSSR count). The number of nitrogens with one attached hydrogen (secondary N) is 1. The number of morpholine rings is 1. The fourth-order valence-corrected chi connectivity index (χ4v) is 4.16. The van der Waals surface area contributed by atoms with Gasteiger partial charge in [-0.05, 0) is 36.4 Å². The van der Waals surface area contributed by atoms with Gasteiger partial charge in [0.25, 0.3) is 5.91 Å². The molecule has 6 nitrogen and oxygen atoms in total. The molecule has 1 aliphatic rings. The van der Waals surface area contributed by atoms with Crippen molar-refractivity contribution >= 4 is 21.6 Å². The third kappa shape index (κ3) is 4.34. The molecule has 0 unspecified atom stereocenters. The highest BCUT2D eigenvalue weighted by molar-refractivity contribution is 7.89. The number of amides is 1. The van der Waals surface area contributed by atoms with E-state index in [-0.39, 0.29) is 29.2 Å². The number of sulfonamides is 1. The Labute approximate surface area is 160 Å². The molecule has 10 heteroatoms. The lowest BCUT2D eigenvalue weighted by Gasteiger charge is -2.26. The SMILES string of the molecule is O=C(Nc1ccccc1C(F)(F)F)c1ccc(S(=O)(=O)N2CCOCC2)cc1. The molecular formula is C18H17F3N2O4S. The van der Waals surface area contributed by atoms with Crippen molar-refractivity contribution in [1.82, 2.24) is 4.31 Å². The summed E-state index contributed by atoms with van der Waals surface area (Å²) in [5.74, 6) is -0.771. The van der Waals surface area contributed by atoms with E-state index in [1.807, 2.05) is 0 Å². The van der Waals surface area contributed by atoms with Crippen molar-refractivity contribution in [3.8, 4) is 0 Å². The van der Waals surface area contributed by atoms with Crippen LogP contribution in [0, 0.1) is 0 Å². The number of hydrogen-bond donors (Lipinski definition) is 1. The van der Waals surface area contributed by atoms with Gasteiger partial charge in [-0.2, -0.15) is 17.5 Å². The van der Waals surface area contributed by atoms with Crippen molar-refractivity contribution in [3.05, 3.63) is 59.7 Å². The van der Waals surface area contributed by atoms with Gasteiger partial charge in [-0.25, -0.2) is 8.42 Å². The van der Waals surface area contributed by atoms with E-state index in [0.717, 1.165) is 12.1 Å². The second kappa shape index (κ2) is 7.90. The molecule has 2 aromatic carbocycles. The molecule has 0 saturated carbocycles. The van der Waals surface area contributed by atoms with E-state index in [4.69, 9.17) is 4.74 Å². The van der Waals surface area contributed by atoms with Gasteiger partial charge in [-0.1, -0.05) is 12.1 Å². The van der Waals surface area contributed by atoms with E-state index in [2.05, 4.69) is 5.32 Å². The first-order valence-electron chi connectivity index (χ1n) is 8.35. The normalized spacial score (nSPS) is 16.0. The summed E-state index contributed by atoms with van der Waals surface area (Å²) >= 11 is 0. The molecule has 1 amide bonds. The van der Waals surface area contributed by atoms with Gasteiger partial charge in [0, 0.05) is 18.7 Å². The summed E-state index contributed by atoms with van der Waals surface area (Å²) in [6.45, 7) is 1.08. The molecule has 0 aliphatic carbocycles. The quantitative estimate of drug-likeness (QED) is 0.835. The van der Waals surface area contributed by atoms with Gasteiger partial charge >= 0.3 is 6.18 Å². The van der Waals surface area contributed by atoms with E-state index < -0.39 is 27.7 Å². The minimum absolute atomic E-state index is 0.00152. The maximum atomic E-state index is 13.0. The molecule has 150 valence electrons. The number of halogens is 3. The van der Waals surface area contributed by atoms with Crippen LogP contribution in [0.25, 0.3) is 0 Å². The zero-order valence-corrected chi connectivity index (χ0v) is 15.4. The van der Waals surface area contributed by atoms with Crippen molar-refractivity contribution in [3.63, 3.8) is 0 Å². The van der Waals surface area contributed by atoms with Crippen molar-refractivity contribution in [1.29, 1.82) is 0 Å². The van der Waals surface area contributed by atoms with Crippen LogP contribution in [0.15, 0.2) is 53.4 Å². The number of hydrogen-bond acceptors (Lipinski definition) is 4. The molecular weight excluding hydrogens is 397 g/mol. The molecule has 1 saturated heterocycles. The highest BCUT2D eigenvalue weighted by Crippen LogP contribution is 2.34. The molecule has 2 aromatic rings. The molecule has 0 bridgehead atoms. The fourth-order valence-electron chi connectivity index (χ4n) is 2.75. The summed E-state index contributed by atoms with van der Waals surface area (Å²) < 4.78 is 70.6. The molecule has 0 spiro atoms. The summed E-state index contributed by atoms with van der Waals surface area (Å²) in [7, 11) is -3.72. The molecule has 0 atom stereocenters. The Hall–Kier alpha value is -2.43. The Morgan fingerprint density at radius 2 is 1.61 bits per heavy atom. The Morgan fingerprint density at radius 1 is 1.00 bits per heavy atom. The van der Waals surface area contributed by atoms with E-state index in [1.54, 1.807) is 0 Å². The molecule has 1 aliphatic heterocycles. The molecule has 1 N–H and O–H groups in total. The Balaban J connectivity index is 1.78. The van der Waals surface area contributed by atoms with Crippen LogP contribution in [0.5, 0.6) is 0 Å². The average Bonchev–Trinajstić information content (AvgIpc) is 2.68. The highest BCUT2D eigenvalue weighted by Gasteiger charge is 2.33. The number of carbonyl (C=O) groups is 1. The maximum Gasteiger partial charge on any atom is 0.418 e. The van der Waals surface area contributed by atoms with Crippen LogP contribution >= 0.6 is 0 Å². The zero-order valence-electron chi connectivity index (χ0n) is 14.6. The van der Waals surface area contributed by atoms with Crippen molar-refractivity contribution in [2.24, 2.45) is 0 Å². The predicted octanol–water partition coefficient (Wildman–Crippen LogP) is 2.98. The molecule has 0 radical (unpaired) electrons. The number of rotatable bonds is 4.